The van der Waals surface area contributed by atoms with Gasteiger partial charge in [-0.2, -0.15) is 11.8 Å². The predicted molar refractivity (Wildman–Crippen MR) is 68.8 cm³/mol. The lowest BCUT2D eigenvalue weighted by Gasteiger charge is -2.05. The van der Waals surface area contributed by atoms with Crippen molar-refractivity contribution in [1.29, 1.82) is 0 Å². The number of benzene rings is 1. The number of hydrogen-bond acceptors (Lipinski definition) is 2. The zero-order valence-electron chi connectivity index (χ0n) is 8.72. The molecule has 1 aromatic carbocycles. The fourth-order valence-electron chi connectivity index (χ4n) is 1.22. The van der Waals surface area contributed by atoms with Gasteiger partial charge in [0.2, 0.25) is 0 Å². The van der Waals surface area contributed by atoms with Crippen molar-refractivity contribution in [3.05, 3.63) is 34.1 Å². The minimum Gasteiger partial charge on any atom is -0.313 e. The second-order valence-electron chi connectivity index (χ2n) is 3.27. The lowest BCUT2D eigenvalue weighted by Crippen LogP contribution is -2.15. The molecule has 0 heterocycles. The first-order valence-electron chi connectivity index (χ1n) is 4.87. The smallest absolute Gasteiger partial charge is 0.137 e. The average molecular weight is 292 g/mol. The summed E-state index contributed by atoms with van der Waals surface area (Å²) in [4.78, 5) is 0. The fourth-order valence-corrected chi connectivity index (χ4v) is 2.08. The molecule has 0 spiro atoms. The van der Waals surface area contributed by atoms with Crippen LogP contribution in [-0.4, -0.2) is 18.6 Å². The van der Waals surface area contributed by atoms with Crippen LogP contribution in [0.4, 0.5) is 4.39 Å². The topological polar surface area (TPSA) is 12.0 Å². The first-order valence-corrected chi connectivity index (χ1v) is 7.06. The zero-order valence-corrected chi connectivity index (χ0v) is 11.1. The summed E-state index contributed by atoms with van der Waals surface area (Å²) in [5.74, 6) is 0.973. The number of hydrogen-bond donors (Lipinski definition) is 1. The van der Waals surface area contributed by atoms with Gasteiger partial charge >= 0.3 is 0 Å². The highest BCUT2D eigenvalue weighted by Gasteiger charge is 1.99. The Labute approximate surface area is 103 Å². The van der Waals surface area contributed by atoms with E-state index < -0.39 is 0 Å². The summed E-state index contributed by atoms with van der Waals surface area (Å²) in [6, 6.07) is 5.11. The van der Waals surface area contributed by atoms with Gasteiger partial charge in [-0.05, 0) is 58.6 Å². The minimum atomic E-state index is -0.207. The lowest BCUT2D eigenvalue weighted by molar-refractivity contribution is 0.618. The van der Waals surface area contributed by atoms with E-state index in [9.17, 15) is 4.39 Å². The van der Waals surface area contributed by atoms with Gasteiger partial charge < -0.3 is 5.32 Å². The van der Waals surface area contributed by atoms with Gasteiger partial charge in [-0.3, -0.25) is 0 Å². The van der Waals surface area contributed by atoms with Gasteiger partial charge in [0.1, 0.15) is 5.82 Å². The number of nitrogens with one attached hydrogen (secondary N) is 1. The van der Waals surface area contributed by atoms with Crippen LogP contribution in [0.15, 0.2) is 22.7 Å². The quantitative estimate of drug-likeness (QED) is 0.806. The van der Waals surface area contributed by atoms with Crippen molar-refractivity contribution in [2.45, 2.75) is 13.0 Å². The van der Waals surface area contributed by atoms with Gasteiger partial charge in [0.05, 0.1) is 4.47 Å². The first kappa shape index (κ1) is 13.0. The lowest BCUT2D eigenvalue weighted by atomic mass is 10.2. The molecule has 0 bridgehead atoms. The second-order valence-corrected chi connectivity index (χ2v) is 5.11. The summed E-state index contributed by atoms with van der Waals surface area (Å²) in [6.07, 6.45) is 3.28. The van der Waals surface area contributed by atoms with Crippen LogP contribution in [0.3, 0.4) is 0 Å². The van der Waals surface area contributed by atoms with Crippen LogP contribution in [0.2, 0.25) is 0 Å². The molecule has 15 heavy (non-hydrogen) atoms. The molecule has 0 aromatic heterocycles. The predicted octanol–water partition coefficient (Wildman–Crippen LogP) is 3.43. The third-order valence-corrected chi connectivity index (χ3v) is 3.32. The molecule has 0 aliphatic carbocycles. The maximum atomic E-state index is 12.9. The molecule has 0 fully saturated rings. The summed E-state index contributed by atoms with van der Waals surface area (Å²) in [5.41, 5.74) is 1.10. The molecule has 1 aromatic rings. The molecule has 0 aliphatic rings. The Morgan fingerprint density at radius 2 is 2.27 bits per heavy atom. The van der Waals surface area contributed by atoms with Gasteiger partial charge in [0, 0.05) is 6.54 Å². The number of thioether (sulfide) groups is 1. The molecule has 0 saturated carbocycles. The SMILES string of the molecule is CSCCCNCc1ccc(F)c(Br)c1. The number of halogens is 2. The Bertz CT molecular complexity index is 307. The molecule has 1 N–H and O–H groups in total. The molecule has 1 rings (SSSR count). The molecule has 0 amide bonds. The second kappa shape index (κ2) is 7.25. The van der Waals surface area contributed by atoms with Gasteiger partial charge in [0.15, 0.2) is 0 Å². The van der Waals surface area contributed by atoms with Gasteiger partial charge in [0.25, 0.3) is 0 Å². The summed E-state index contributed by atoms with van der Waals surface area (Å²) in [7, 11) is 0. The Kier molecular flexibility index (Phi) is 6.29. The van der Waals surface area contributed by atoms with Crippen LogP contribution < -0.4 is 5.32 Å². The molecular formula is C11H15BrFNS. The van der Waals surface area contributed by atoms with E-state index >= 15 is 0 Å². The molecule has 0 radical (unpaired) electrons. The summed E-state index contributed by atoms with van der Waals surface area (Å²) in [5, 5.41) is 3.33. The van der Waals surface area contributed by atoms with Gasteiger partial charge in [-0.1, -0.05) is 6.07 Å². The summed E-state index contributed by atoms with van der Waals surface area (Å²) < 4.78 is 13.5. The van der Waals surface area contributed by atoms with Gasteiger partial charge in [-0.15, -0.1) is 0 Å². The molecular weight excluding hydrogens is 277 g/mol. The van der Waals surface area contributed by atoms with E-state index in [0.29, 0.717) is 4.47 Å². The molecule has 1 nitrogen and oxygen atoms in total. The molecule has 0 unspecified atom stereocenters. The third kappa shape index (κ3) is 5.00. The van der Waals surface area contributed by atoms with Crippen molar-refractivity contribution < 1.29 is 4.39 Å². The van der Waals surface area contributed by atoms with Crippen LogP contribution in [0, 0.1) is 5.82 Å². The monoisotopic (exact) mass is 291 g/mol. The highest BCUT2D eigenvalue weighted by Crippen LogP contribution is 2.16. The minimum absolute atomic E-state index is 0.207. The van der Waals surface area contributed by atoms with Crippen LogP contribution in [0.1, 0.15) is 12.0 Å². The zero-order chi connectivity index (χ0) is 11.1. The van der Waals surface area contributed by atoms with E-state index in [1.165, 1.54) is 18.2 Å². The molecule has 0 aliphatic heterocycles. The molecule has 4 heteroatoms. The Morgan fingerprint density at radius 3 is 2.93 bits per heavy atom. The summed E-state index contributed by atoms with van der Waals surface area (Å²) >= 11 is 5.03. The number of rotatable bonds is 6. The van der Waals surface area contributed by atoms with Crippen LogP contribution in [0.5, 0.6) is 0 Å². The largest absolute Gasteiger partial charge is 0.313 e. The van der Waals surface area contributed by atoms with Crippen LogP contribution >= 0.6 is 27.7 Å². The van der Waals surface area contributed by atoms with E-state index in [1.807, 2.05) is 23.9 Å². The van der Waals surface area contributed by atoms with Crippen LogP contribution in [0.25, 0.3) is 0 Å². The maximum absolute atomic E-state index is 12.9. The van der Waals surface area contributed by atoms with Crippen molar-refractivity contribution in [3.8, 4) is 0 Å². The Balaban J connectivity index is 2.28. The van der Waals surface area contributed by atoms with E-state index in [1.54, 1.807) is 0 Å². The molecule has 0 atom stereocenters. The summed E-state index contributed by atoms with van der Waals surface area (Å²) in [6.45, 7) is 1.81. The van der Waals surface area contributed by atoms with E-state index in [0.717, 1.165) is 18.7 Å². The maximum Gasteiger partial charge on any atom is 0.137 e. The average Bonchev–Trinajstić information content (AvgIpc) is 2.23. The first-order chi connectivity index (χ1) is 7.24. The highest BCUT2D eigenvalue weighted by atomic mass is 79.9. The Morgan fingerprint density at radius 1 is 1.47 bits per heavy atom. The van der Waals surface area contributed by atoms with Crippen molar-refractivity contribution in [2.75, 3.05) is 18.6 Å². The fraction of sp³-hybridized carbons (Fsp3) is 0.455. The van der Waals surface area contributed by atoms with E-state index in [4.69, 9.17) is 0 Å². The van der Waals surface area contributed by atoms with E-state index in [-0.39, 0.29) is 5.82 Å². The van der Waals surface area contributed by atoms with Crippen molar-refractivity contribution in [3.63, 3.8) is 0 Å². The van der Waals surface area contributed by atoms with E-state index in [2.05, 4.69) is 27.5 Å². The van der Waals surface area contributed by atoms with Crippen molar-refractivity contribution in [1.82, 2.24) is 5.32 Å². The normalized spacial score (nSPS) is 10.6. The highest BCUT2D eigenvalue weighted by molar-refractivity contribution is 9.10. The van der Waals surface area contributed by atoms with Gasteiger partial charge in [-0.25, -0.2) is 4.39 Å². The molecule has 0 saturated heterocycles. The molecule has 84 valence electrons. The standard InChI is InChI=1S/C11H15BrFNS/c1-15-6-2-5-14-8-9-3-4-11(13)10(12)7-9/h3-4,7,14H,2,5-6,8H2,1H3. The third-order valence-electron chi connectivity index (χ3n) is 2.02. The van der Waals surface area contributed by atoms with Crippen molar-refractivity contribution >= 4 is 27.7 Å². The Hall–Kier alpha value is -0.0600. The van der Waals surface area contributed by atoms with Crippen LogP contribution in [-0.2, 0) is 6.54 Å². The van der Waals surface area contributed by atoms with Crippen molar-refractivity contribution in [2.24, 2.45) is 0 Å².